The van der Waals surface area contributed by atoms with Gasteiger partial charge in [-0.05, 0) is 30.2 Å². The minimum Gasteiger partial charge on any atom is -0.338 e. The maximum atomic E-state index is 13.1. The number of hydrogen-bond acceptors (Lipinski definition) is 2. The van der Waals surface area contributed by atoms with E-state index in [1.54, 1.807) is 6.07 Å². The summed E-state index contributed by atoms with van der Waals surface area (Å²) in [5.41, 5.74) is 0.588. The Balaban J connectivity index is 2.11. The fraction of sp³-hybridized carbons (Fsp3) is 0.600. The van der Waals surface area contributed by atoms with Gasteiger partial charge in [0.1, 0.15) is 0 Å². The molecule has 3 nitrogen and oxygen atoms in total. The highest BCUT2D eigenvalue weighted by Gasteiger charge is 2.31. The molecule has 1 fully saturated rings. The molecular formula is C15H21FN2O. The van der Waals surface area contributed by atoms with Gasteiger partial charge >= 0.3 is 0 Å². The second-order valence-electron chi connectivity index (χ2n) is 6.32. The maximum absolute atomic E-state index is 13.1. The number of carbonyl (C=O) groups excluding carboxylic acids is 1. The second kappa shape index (κ2) is 5.27. The van der Waals surface area contributed by atoms with Crippen LogP contribution in [0.3, 0.4) is 0 Å². The summed E-state index contributed by atoms with van der Waals surface area (Å²) in [6.07, 6.45) is 3.51. The zero-order valence-electron chi connectivity index (χ0n) is 11.8. The lowest BCUT2D eigenvalue weighted by molar-refractivity contribution is 0.0562. The van der Waals surface area contributed by atoms with Crippen LogP contribution >= 0.6 is 0 Å². The van der Waals surface area contributed by atoms with Gasteiger partial charge in [-0.1, -0.05) is 20.8 Å². The van der Waals surface area contributed by atoms with Crippen molar-refractivity contribution in [3.05, 3.63) is 29.8 Å². The molecule has 1 aromatic heterocycles. The van der Waals surface area contributed by atoms with E-state index in [0.717, 1.165) is 25.9 Å². The SMILES string of the molecule is CC(C)(C)[C@@H]1CCCN(C(=O)c2ccnc(F)c2)C1. The Kier molecular flexibility index (Phi) is 3.88. The van der Waals surface area contributed by atoms with Gasteiger partial charge in [0.15, 0.2) is 0 Å². The first-order valence-electron chi connectivity index (χ1n) is 6.79. The summed E-state index contributed by atoms with van der Waals surface area (Å²) in [6, 6.07) is 2.79. The molecule has 0 bridgehead atoms. The zero-order valence-corrected chi connectivity index (χ0v) is 11.8. The normalized spacial score (nSPS) is 20.4. The van der Waals surface area contributed by atoms with Gasteiger partial charge < -0.3 is 4.90 Å². The predicted octanol–water partition coefficient (Wildman–Crippen LogP) is 3.12. The summed E-state index contributed by atoms with van der Waals surface area (Å²) in [5.74, 6) is -0.192. The first kappa shape index (κ1) is 14.0. The Labute approximate surface area is 113 Å². The average Bonchev–Trinajstić information content (AvgIpc) is 2.37. The van der Waals surface area contributed by atoms with Crippen molar-refractivity contribution in [2.24, 2.45) is 11.3 Å². The summed E-state index contributed by atoms with van der Waals surface area (Å²) in [4.78, 5) is 17.7. The second-order valence-corrected chi connectivity index (χ2v) is 6.32. The molecule has 0 N–H and O–H groups in total. The summed E-state index contributed by atoms with van der Waals surface area (Å²) >= 11 is 0. The van der Waals surface area contributed by atoms with Gasteiger partial charge in [-0.2, -0.15) is 4.39 Å². The third kappa shape index (κ3) is 3.31. The van der Waals surface area contributed by atoms with Crippen LogP contribution in [0.2, 0.25) is 0 Å². The van der Waals surface area contributed by atoms with Crippen molar-refractivity contribution in [3.8, 4) is 0 Å². The summed E-state index contributed by atoms with van der Waals surface area (Å²) in [5, 5.41) is 0. The van der Waals surface area contributed by atoms with E-state index in [1.165, 1.54) is 12.3 Å². The highest BCUT2D eigenvalue weighted by molar-refractivity contribution is 5.94. The van der Waals surface area contributed by atoms with Crippen LogP contribution in [-0.2, 0) is 0 Å². The number of aromatic nitrogens is 1. The number of amides is 1. The van der Waals surface area contributed by atoms with Crippen molar-refractivity contribution >= 4 is 5.91 Å². The first-order chi connectivity index (χ1) is 8.88. The third-order valence-electron chi connectivity index (χ3n) is 3.91. The van der Waals surface area contributed by atoms with Crippen LogP contribution in [0.5, 0.6) is 0 Å². The number of nitrogens with zero attached hydrogens (tertiary/aromatic N) is 2. The number of likely N-dealkylation sites (tertiary alicyclic amines) is 1. The van der Waals surface area contributed by atoms with E-state index >= 15 is 0 Å². The van der Waals surface area contributed by atoms with E-state index in [1.807, 2.05) is 4.90 Å². The van der Waals surface area contributed by atoms with Gasteiger partial charge in [-0.25, -0.2) is 4.98 Å². The van der Waals surface area contributed by atoms with Crippen LogP contribution in [0.15, 0.2) is 18.3 Å². The first-order valence-corrected chi connectivity index (χ1v) is 6.79. The number of rotatable bonds is 1. The van der Waals surface area contributed by atoms with E-state index < -0.39 is 5.95 Å². The average molecular weight is 264 g/mol. The molecule has 2 rings (SSSR count). The molecule has 1 saturated heterocycles. The highest BCUT2D eigenvalue weighted by atomic mass is 19.1. The number of hydrogen-bond donors (Lipinski definition) is 0. The van der Waals surface area contributed by atoms with Crippen molar-refractivity contribution in [1.82, 2.24) is 9.88 Å². The standard InChI is InChI=1S/C15H21FN2O/c1-15(2,3)12-5-4-8-18(10-12)14(19)11-6-7-17-13(16)9-11/h6-7,9,12H,4-5,8,10H2,1-3H3/t12-/m1/s1. The summed E-state index contributed by atoms with van der Waals surface area (Å²) < 4.78 is 13.1. The zero-order chi connectivity index (χ0) is 14.0. The fourth-order valence-corrected chi connectivity index (χ4v) is 2.59. The molecular weight excluding hydrogens is 243 g/mol. The van der Waals surface area contributed by atoms with Gasteiger partial charge in [0.05, 0.1) is 0 Å². The Morgan fingerprint density at radius 3 is 2.84 bits per heavy atom. The number of pyridine rings is 1. The number of halogens is 1. The van der Waals surface area contributed by atoms with Gasteiger partial charge in [-0.15, -0.1) is 0 Å². The van der Waals surface area contributed by atoms with Crippen LogP contribution in [0.25, 0.3) is 0 Å². The minimum atomic E-state index is -0.602. The van der Waals surface area contributed by atoms with Crippen LogP contribution in [-0.4, -0.2) is 28.9 Å². The van der Waals surface area contributed by atoms with Crippen LogP contribution in [0.1, 0.15) is 44.0 Å². The molecule has 0 aromatic carbocycles. The maximum Gasteiger partial charge on any atom is 0.254 e. The van der Waals surface area contributed by atoms with E-state index in [4.69, 9.17) is 0 Å². The van der Waals surface area contributed by atoms with Crippen LogP contribution in [0.4, 0.5) is 4.39 Å². The predicted molar refractivity (Wildman–Crippen MR) is 72.3 cm³/mol. The Morgan fingerprint density at radius 2 is 2.21 bits per heavy atom. The van der Waals surface area contributed by atoms with Crippen LogP contribution < -0.4 is 0 Å². The summed E-state index contributed by atoms with van der Waals surface area (Å²) in [6.45, 7) is 8.13. The number of carbonyl (C=O) groups is 1. The molecule has 0 saturated carbocycles. The van der Waals surface area contributed by atoms with Crippen molar-refractivity contribution < 1.29 is 9.18 Å². The topological polar surface area (TPSA) is 33.2 Å². The Hall–Kier alpha value is -1.45. The minimum absolute atomic E-state index is 0.0877. The molecule has 104 valence electrons. The van der Waals surface area contributed by atoms with E-state index in [9.17, 15) is 9.18 Å². The monoisotopic (exact) mass is 264 g/mol. The molecule has 0 aliphatic carbocycles. The highest BCUT2D eigenvalue weighted by Crippen LogP contribution is 2.33. The van der Waals surface area contributed by atoms with Crippen molar-refractivity contribution in [1.29, 1.82) is 0 Å². The quantitative estimate of drug-likeness (QED) is 0.730. The molecule has 0 radical (unpaired) electrons. The Morgan fingerprint density at radius 1 is 1.47 bits per heavy atom. The molecule has 1 amide bonds. The molecule has 1 aliphatic heterocycles. The Bertz CT molecular complexity index is 467. The third-order valence-corrected chi connectivity index (χ3v) is 3.91. The molecule has 1 aromatic rings. The van der Waals surface area contributed by atoms with E-state index in [-0.39, 0.29) is 11.3 Å². The molecule has 0 unspecified atom stereocenters. The smallest absolute Gasteiger partial charge is 0.254 e. The lowest BCUT2D eigenvalue weighted by atomic mass is 9.76. The van der Waals surface area contributed by atoms with E-state index in [2.05, 4.69) is 25.8 Å². The van der Waals surface area contributed by atoms with Gasteiger partial charge in [0.2, 0.25) is 5.95 Å². The molecule has 19 heavy (non-hydrogen) atoms. The molecule has 4 heteroatoms. The van der Waals surface area contributed by atoms with Crippen molar-refractivity contribution in [3.63, 3.8) is 0 Å². The lowest BCUT2D eigenvalue weighted by Crippen LogP contribution is -2.43. The molecule has 0 spiro atoms. The molecule has 2 heterocycles. The lowest BCUT2D eigenvalue weighted by Gasteiger charge is -2.39. The van der Waals surface area contributed by atoms with Gasteiger partial charge in [-0.3, -0.25) is 4.79 Å². The fourth-order valence-electron chi connectivity index (χ4n) is 2.59. The van der Waals surface area contributed by atoms with Gasteiger partial charge in [0.25, 0.3) is 5.91 Å². The molecule has 1 atom stereocenters. The largest absolute Gasteiger partial charge is 0.338 e. The van der Waals surface area contributed by atoms with Crippen molar-refractivity contribution in [2.75, 3.05) is 13.1 Å². The van der Waals surface area contributed by atoms with Crippen molar-refractivity contribution in [2.45, 2.75) is 33.6 Å². The number of piperidine rings is 1. The molecule has 1 aliphatic rings. The van der Waals surface area contributed by atoms with Gasteiger partial charge in [0, 0.05) is 30.9 Å². The summed E-state index contributed by atoms with van der Waals surface area (Å²) in [7, 11) is 0. The van der Waals surface area contributed by atoms with E-state index in [0.29, 0.717) is 11.5 Å². The van der Waals surface area contributed by atoms with Crippen LogP contribution in [0, 0.1) is 17.3 Å².